The van der Waals surface area contributed by atoms with E-state index in [1.807, 2.05) is 6.92 Å². The van der Waals surface area contributed by atoms with Gasteiger partial charge in [0.25, 0.3) is 5.91 Å². The van der Waals surface area contributed by atoms with Gasteiger partial charge in [-0.15, -0.1) is 0 Å². The van der Waals surface area contributed by atoms with Crippen LogP contribution < -0.4 is 14.8 Å². The van der Waals surface area contributed by atoms with Gasteiger partial charge in [0.15, 0.2) is 11.5 Å². The van der Waals surface area contributed by atoms with Crippen LogP contribution in [0.5, 0.6) is 11.5 Å². The zero-order chi connectivity index (χ0) is 19.8. The summed E-state index contributed by atoms with van der Waals surface area (Å²) in [6.07, 6.45) is 0.569. The maximum absolute atomic E-state index is 13.0. The summed E-state index contributed by atoms with van der Waals surface area (Å²) < 4.78 is 23.7. The zero-order valence-electron chi connectivity index (χ0n) is 15.2. The van der Waals surface area contributed by atoms with Crippen molar-refractivity contribution in [3.05, 3.63) is 52.8 Å². The van der Waals surface area contributed by atoms with Gasteiger partial charge in [0.05, 0.1) is 30.6 Å². The van der Waals surface area contributed by atoms with Crippen LogP contribution in [0.25, 0.3) is 0 Å². The van der Waals surface area contributed by atoms with Gasteiger partial charge in [0.2, 0.25) is 6.10 Å². The van der Waals surface area contributed by atoms with Gasteiger partial charge in [-0.2, -0.15) is 0 Å². The molecule has 0 bridgehead atoms. The Bertz CT molecular complexity index is 829. The fraction of sp³-hybridized carbons (Fsp3) is 0.263. The molecule has 0 heterocycles. The number of nitrogens with zero attached hydrogens (tertiary/aromatic N) is 1. The monoisotopic (exact) mass is 394 g/mol. The lowest BCUT2D eigenvalue weighted by molar-refractivity contribution is -0.126. The largest absolute Gasteiger partial charge is 0.493 e. The van der Waals surface area contributed by atoms with Crippen LogP contribution in [-0.4, -0.2) is 31.9 Å². The smallest absolute Gasteiger partial charge is 0.268 e. The van der Waals surface area contributed by atoms with E-state index in [1.165, 1.54) is 25.3 Å². The van der Waals surface area contributed by atoms with E-state index in [4.69, 9.17) is 25.9 Å². The normalized spacial score (nSPS) is 11.9. The average Bonchev–Trinajstić information content (AvgIpc) is 2.65. The van der Waals surface area contributed by atoms with E-state index in [0.29, 0.717) is 29.4 Å². The molecule has 6 nitrogen and oxygen atoms in total. The number of oxime groups is 1. The van der Waals surface area contributed by atoms with E-state index in [1.54, 1.807) is 25.3 Å². The van der Waals surface area contributed by atoms with Crippen molar-refractivity contribution in [2.45, 2.75) is 20.0 Å². The molecular weight excluding hydrogens is 375 g/mol. The first-order valence-electron chi connectivity index (χ1n) is 8.20. The second-order valence-corrected chi connectivity index (χ2v) is 5.85. The molecule has 0 unspecified atom stereocenters. The van der Waals surface area contributed by atoms with Crippen molar-refractivity contribution in [3.63, 3.8) is 0 Å². The summed E-state index contributed by atoms with van der Waals surface area (Å²) in [7, 11) is 1.54. The number of carbonyl (C=O) groups excluding carboxylic acids is 1. The molecule has 0 aliphatic rings. The molecule has 2 rings (SSSR count). The van der Waals surface area contributed by atoms with E-state index >= 15 is 0 Å². The minimum absolute atomic E-state index is 0.0977. The summed E-state index contributed by atoms with van der Waals surface area (Å²) in [5, 5.41) is 6.47. The lowest BCUT2D eigenvalue weighted by Gasteiger charge is -2.12. The van der Waals surface area contributed by atoms with E-state index in [9.17, 15) is 9.18 Å². The number of carbonyl (C=O) groups is 1. The number of hydrogen-bond acceptors (Lipinski definition) is 5. The van der Waals surface area contributed by atoms with Crippen LogP contribution in [0.3, 0.4) is 0 Å². The summed E-state index contributed by atoms with van der Waals surface area (Å²) in [5.41, 5.74) is 1.00. The highest BCUT2D eigenvalue weighted by Crippen LogP contribution is 2.27. The van der Waals surface area contributed by atoms with E-state index in [-0.39, 0.29) is 5.02 Å². The van der Waals surface area contributed by atoms with E-state index in [0.717, 1.165) is 6.07 Å². The van der Waals surface area contributed by atoms with Gasteiger partial charge < -0.3 is 19.6 Å². The first-order chi connectivity index (χ1) is 12.9. The molecule has 0 saturated carbocycles. The molecule has 1 amide bonds. The molecule has 27 heavy (non-hydrogen) atoms. The van der Waals surface area contributed by atoms with Crippen LogP contribution >= 0.6 is 11.6 Å². The molecule has 0 radical (unpaired) electrons. The number of nitrogens with one attached hydrogen (secondary N) is 1. The van der Waals surface area contributed by atoms with Crippen LogP contribution in [0.15, 0.2) is 41.6 Å². The Labute approximate surface area is 161 Å². The third-order valence-corrected chi connectivity index (χ3v) is 3.78. The lowest BCUT2D eigenvalue weighted by atomic mass is 10.2. The summed E-state index contributed by atoms with van der Waals surface area (Å²) in [5.74, 6) is 0.238. The van der Waals surface area contributed by atoms with Crippen molar-refractivity contribution in [2.24, 2.45) is 5.16 Å². The molecule has 1 N–H and O–H groups in total. The van der Waals surface area contributed by atoms with E-state index < -0.39 is 17.8 Å². The van der Waals surface area contributed by atoms with Gasteiger partial charge in [-0.05, 0) is 50.2 Å². The molecule has 0 saturated heterocycles. The van der Waals surface area contributed by atoms with Gasteiger partial charge in [-0.1, -0.05) is 16.8 Å². The second-order valence-electron chi connectivity index (χ2n) is 5.44. The number of benzene rings is 2. The minimum Gasteiger partial charge on any atom is -0.493 e. The van der Waals surface area contributed by atoms with Gasteiger partial charge in [0.1, 0.15) is 5.82 Å². The molecule has 0 spiro atoms. The number of ether oxygens (including phenoxy) is 2. The lowest BCUT2D eigenvalue weighted by Crippen LogP contribution is -2.26. The molecule has 8 heteroatoms. The molecule has 0 aliphatic carbocycles. The van der Waals surface area contributed by atoms with Crippen molar-refractivity contribution in [1.29, 1.82) is 0 Å². The van der Waals surface area contributed by atoms with Gasteiger partial charge in [-0.25, -0.2) is 4.39 Å². The highest BCUT2D eigenvalue weighted by Gasteiger charge is 2.16. The van der Waals surface area contributed by atoms with Crippen molar-refractivity contribution >= 4 is 29.4 Å². The highest BCUT2D eigenvalue weighted by molar-refractivity contribution is 6.33. The van der Waals surface area contributed by atoms with Crippen molar-refractivity contribution in [2.75, 3.05) is 19.0 Å². The topological polar surface area (TPSA) is 69.2 Å². The number of halogens is 2. The highest BCUT2D eigenvalue weighted by atomic mass is 35.5. The standard InChI is InChI=1S/C19H20ClFN2O4/c1-4-26-17-8-5-13(9-18(17)25-3)11-22-27-12(2)19(24)23-16-7-6-14(21)10-15(16)20/h5-12H,4H2,1-3H3,(H,23,24)/b22-11-/t12-/m1/s1. The second kappa shape index (κ2) is 9.78. The molecule has 2 aromatic rings. The predicted molar refractivity (Wildman–Crippen MR) is 102 cm³/mol. The van der Waals surface area contributed by atoms with Gasteiger partial charge >= 0.3 is 0 Å². The number of amides is 1. The van der Waals surface area contributed by atoms with Crippen molar-refractivity contribution < 1.29 is 23.5 Å². The Morgan fingerprint density at radius 3 is 2.74 bits per heavy atom. The van der Waals surface area contributed by atoms with Crippen LogP contribution in [0, 0.1) is 5.82 Å². The van der Waals surface area contributed by atoms with Crippen LogP contribution in [-0.2, 0) is 9.63 Å². The Hall–Kier alpha value is -2.80. The molecule has 0 aliphatic heterocycles. The summed E-state index contributed by atoms with van der Waals surface area (Å²) >= 11 is 5.88. The number of rotatable bonds is 8. The first-order valence-corrected chi connectivity index (χ1v) is 8.58. The molecular formula is C19H20ClFN2O4. The van der Waals surface area contributed by atoms with Crippen molar-refractivity contribution in [1.82, 2.24) is 0 Å². The molecule has 0 aromatic heterocycles. The fourth-order valence-electron chi connectivity index (χ4n) is 2.09. The maximum atomic E-state index is 13.0. The summed E-state index contributed by atoms with van der Waals surface area (Å²) in [6, 6.07) is 8.96. The van der Waals surface area contributed by atoms with Gasteiger partial charge in [-0.3, -0.25) is 4.79 Å². The average molecular weight is 395 g/mol. The van der Waals surface area contributed by atoms with Crippen LogP contribution in [0.1, 0.15) is 19.4 Å². The molecule has 1 atom stereocenters. The number of anilines is 1. The Morgan fingerprint density at radius 2 is 2.07 bits per heavy atom. The first kappa shape index (κ1) is 20.5. The minimum atomic E-state index is -0.882. The SMILES string of the molecule is CCOc1ccc(/C=N\O[C@H](C)C(=O)Nc2ccc(F)cc2Cl)cc1OC. The third kappa shape index (κ3) is 5.86. The quantitative estimate of drug-likeness (QED) is 0.536. The molecule has 144 valence electrons. The van der Waals surface area contributed by atoms with Crippen LogP contribution in [0.2, 0.25) is 5.02 Å². The van der Waals surface area contributed by atoms with Gasteiger partial charge in [0, 0.05) is 5.56 Å². The fourth-order valence-corrected chi connectivity index (χ4v) is 2.31. The molecule has 0 fully saturated rings. The Balaban J connectivity index is 1.95. The third-order valence-electron chi connectivity index (χ3n) is 3.47. The van der Waals surface area contributed by atoms with Crippen LogP contribution in [0.4, 0.5) is 10.1 Å². The summed E-state index contributed by atoms with van der Waals surface area (Å²) in [4.78, 5) is 17.3. The predicted octanol–water partition coefficient (Wildman–Crippen LogP) is 4.26. The summed E-state index contributed by atoms with van der Waals surface area (Å²) in [6.45, 7) is 3.94. The maximum Gasteiger partial charge on any atom is 0.268 e. The number of hydrogen-bond donors (Lipinski definition) is 1. The van der Waals surface area contributed by atoms with E-state index in [2.05, 4.69) is 10.5 Å². The zero-order valence-corrected chi connectivity index (χ0v) is 15.9. The van der Waals surface area contributed by atoms with Crippen molar-refractivity contribution in [3.8, 4) is 11.5 Å². The molecule has 2 aromatic carbocycles. The Kier molecular flexibility index (Phi) is 7.43. The number of methoxy groups -OCH3 is 1. The Morgan fingerprint density at radius 1 is 1.30 bits per heavy atom.